The Morgan fingerprint density at radius 1 is 0.357 bits per heavy atom. The van der Waals surface area contributed by atoms with Gasteiger partial charge >= 0.3 is 22.5 Å². The highest BCUT2D eigenvalue weighted by Gasteiger charge is 2.58. The van der Waals surface area contributed by atoms with Crippen LogP contribution < -0.4 is 10.6 Å². The minimum atomic E-state index is -5.18. The number of ketones is 1. The van der Waals surface area contributed by atoms with Gasteiger partial charge in [0.25, 0.3) is 0 Å². The number of fused-ring (bicyclic) bond motifs is 3. The SMILES string of the molecule is CC(=O)N[C@H]1[C@H](O[C@@H]2[C@@H](OC[C@H](NC(=O)OCC3c4ccccc4-c4ccccc43)C(=O)OCC(=O)c3ccccc3)O[C@H](COCc3ccccc3)[C@@H](OCc3ccccc3)[C@@H]2OCc2ccccc2)O[C@H](COCc2ccccc2)[C@@H](O[C@@H]2O[C@H](COS(=O)(=O)O)[C@H](OCc3ccccc3)[C@H](OCc3ccccc3)[C@H]2OCc2ccccc2)[C@@H]1OCc1ccccc1. The molecule has 2 amide bonds. The van der Waals surface area contributed by atoms with Gasteiger partial charge < -0.3 is 86.4 Å². The van der Waals surface area contributed by atoms with Gasteiger partial charge in [-0.15, -0.1) is 0 Å². The second-order valence-corrected chi connectivity index (χ2v) is 32.7. The van der Waals surface area contributed by atoms with Crippen LogP contribution >= 0.6 is 0 Å². The normalized spacial score (nSPS) is 22.8. The zero-order valence-electron chi connectivity index (χ0n) is 71.1. The quantitative estimate of drug-likeness (QED) is 0.0181. The van der Waals surface area contributed by atoms with Crippen molar-refractivity contribution in [3.63, 3.8) is 0 Å². The number of carbonyl (C=O) groups is 4. The molecule has 3 aliphatic heterocycles. The van der Waals surface area contributed by atoms with Gasteiger partial charge in [0.05, 0.1) is 79.3 Å². The summed E-state index contributed by atoms with van der Waals surface area (Å²) >= 11 is 0. The second kappa shape index (κ2) is 46.7. The number of nitrogens with one attached hydrogen (secondary N) is 2. The molecular weight excluding hydrogens is 1670 g/mol. The molecule has 3 fully saturated rings. The van der Waals surface area contributed by atoms with E-state index in [-0.39, 0.29) is 78.2 Å². The first-order chi connectivity index (χ1) is 63.2. The molecule has 15 rings (SSSR count). The lowest BCUT2D eigenvalue weighted by molar-refractivity contribution is -0.384. The Labute approximate surface area is 750 Å². The maximum absolute atomic E-state index is 15.1. The Balaban J connectivity index is 0.846. The molecule has 16 atom stereocenters. The number of ether oxygens (including phenoxy) is 16. The number of Topliss-reactive ketones (excluding diaryl/α,β-unsaturated/α-hetero) is 1. The third-order valence-electron chi connectivity index (χ3n) is 22.5. The van der Waals surface area contributed by atoms with Crippen LogP contribution in [0.2, 0.25) is 0 Å². The molecule has 0 saturated carbocycles. The van der Waals surface area contributed by atoms with Crippen molar-refractivity contribution in [2.24, 2.45) is 0 Å². The average molecular weight is 1770 g/mol. The summed E-state index contributed by atoms with van der Waals surface area (Å²) < 4.78 is 154. The largest absolute Gasteiger partial charge is 0.456 e. The lowest BCUT2D eigenvalue weighted by Gasteiger charge is -2.52. The fourth-order valence-corrected chi connectivity index (χ4v) is 16.5. The number of rotatable bonds is 44. The molecule has 4 aliphatic rings. The van der Waals surface area contributed by atoms with E-state index in [1.807, 2.05) is 291 Å². The Bertz CT molecular complexity index is 5360. The highest BCUT2D eigenvalue weighted by molar-refractivity contribution is 7.80. The minimum Gasteiger partial charge on any atom is -0.456 e. The monoisotopic (exact) mass is 1770 g/mol. The van der Waals surface area contributed by atoms with E-state index in [0.29, 0.717) is 5.56 Å². The van der Waals surface area contributed by atoms with E-state index in [1.165, 1.54) is 6.92 Å². The molecule has 3 saturated heterocycles. The van der Waals surface area contributed by atoms with Crippen LogP contribution in [0.3, 0.4) is 0 Å². The zero-order valence-corrected chi connectivity index (χ0v) is 71.9. The number of esters is 1. The van der Waals surface area contributed by atoms with Crippen molar-refractivity contribution in [1.82, 2.24) is 10.6 Å². The van der Waals surface area contributed by atoms with Gasteiger partial charge in [-0.3, -0.25) is 14.1 Å². The van der Waals surface area contributed by atoms with E-state index in [9.17, 15) is 27.4 Å². The Morgan fingerprint density at radius 2 is 0.705 bits per heavy atom. The summed E-state index contributed by atoms with van der Waals surface area (Å²) in [6, 6.07) is 95.7. The van der Waals surface area contributed by atoms with Gasteiger partial charge in [0.1, 0.15) is 79.8 Å². The van der Waals surface area contributed by atoms with E-state index in [2.05, 4.69) is 10.6 Å². The fraction of sp³-hybridized carbons (Fsp3) is 0.314. The first-order valence-corrected chi connectivity index (χ1v) is 44.3. The van der Waals surface area contributed by atoms with E-state index in [0.717, 1.165) is 61.2 Å². The molecule has 0 unspecified atom stereocenters. The van der Waals surface area contributed by atoms with Gasteiger partial charge in [-0.05, 0) is 66.8 Å². The number of benzene rings is 11. The first kappa shape index (κ1) is 92.3. The van der Waals surface area contributed by atoms with Gasteiger partial charge in [0.2, 0.25) is 5.91 Å². The lowest BCUT2D eigenvalue weighted by atomic mass is 9.94. The van der Waals surface area contributed by atoms with E-state index in [1.54, 1.807) is 30.3 Å². The molecule has 0 bridgehead atoms. The molecule has 11 aromatic carbocycles. The number of alkyl carbamates (subject to hydrolysis) is 1. The second-order valence-electron chi connectivity index (χ2n) is 31.6. The Morgan fingerprint density at radius 3 is 1.14 bits per heavy atom. The summed E-state index contributed by atoms with van der Waals surface area (Å²) in [6.07, 6.45) is -20.9. The van der Waals surface area contributed by atoms with Gasteiger partial charge in [0, 0.05) is 18.4 Å². The van der Waals surface area contributed by atoms with Crippen LogP contribution in [0.25, 0.3) is 11.1 Å². The summed E-state index contributed by atoms with van der Waals surface area (Å²) in [7, 11) is -5.18. The molecule has 3 heterocycles. The maximum atomic E-state index is 15.1. The van der Waals surface area contributed by atoms with Crippen molar-refractivity contribution < 1.29 is 112 Å². The molecule has 672 valence electrons. The summed E-state index contributed by atoms with van der Waals surface area (Å²) in [5.41, 5.74) is 10.1. The van der Waals surface area contributed by atoms with Crippen LogP contribution in [0, 0.1) is 0 Å². The highest BCUT2D eigenvalue weighted by atomic mass is 32.3. The van der Waals surface area contributed by atoms with Crippen molar-refractivity contribution in [3.8, 4) is 11.1 Å². The molecule has 11 aromatic rings. The maximum Gasteiger partial charge on any atom is 0.407 e. The van der Waals surface area contributed by atoms with Gasteiger partial charge in [-0.1, -0.05) is 322 Å². The molecule has 27 heteroatoms. The van der Waals surface area contributed by atoms with Crippen molar-refractivity contribution in [2.75, 3.05) is 39.6 Å². The molecule has 3 N–H and O–H groups in total. The van der Waals surface area contributed by atoms with Crippen LogP contribution in [-0.2, 0) is 153 Å². The summed E-state index contributed by atoms with van der Waals surface area (Å²) in [5, 5.41) is 5.86. The van der Waals surface area contributed by atoms with Crippen LogP contribution in [0.1, 0.15) is 78.8 Å². The summed E-state index contributed by atoms with van der Waals surface area (Å²) in [5.74, 6) is -2.63. The van der Waals surface area contributed by atoms with E-state index >= 15 is 4.79 Å². The predicted molar refractivity (Wildman–Crippen MR) is 473 cm³/mol. The average Bonchev–Trinajstić information content (AvgIpc) is 1.75. The van der Waals surface area contributed by atoms with Crippen molar-refractivity contribution in [1.29, 1.82) is 0 Å². The molecule has 129 heavy (non-hydrogen) atoms. The number of carbonyl (C=O) groups excluding carboxylic acids is 4. The molecule has 0 spiro atoms. The molecule has 0 radical (unpaired) electrons. The topological polar surface area (TPSA) is 304 Å². The van der Waals surface area contributed by atoms with Crippen molar-refractivity contribution in [2.45, 2.75) is 164 Å². The fourth-order valence-electron chi connectivity index (χ4n) is 16.2. The third-order valence-corrected chi connectivity index (χ3v) is 22.9. The minimum absolute atomic E-state index is 0.0151. The third kappa shape index (κ3) is 26.2. The van der Waals surface area contributed by atoms with Crippen LogP contribution in [0.5, 0.6) is 0 Å². The van der Waals surface area contributed by atoms with Crippen LogP contribution in [0.15, 0.2) is 322 Å². The molecule has 26 nitrogen and oxygen atoms in total. The summed E-state index contributed by atoms with van der Waals surface area (Å²) in [6.45, 7) is -2.00. The van der Waals surface area contributed by atoms with Crippen LogP contribution in [-0.4, -0.2) is 174 Å². The smallest absolute Gasteiger partial charge is 0.407 e. The zero-order chi connectivity index (χ0) is 88.9. The van der Waals surface area contributed by atoms with Crippen LogP contribution in [0.4, 0.5) is 4.79 Å². The highest BCUT2D eigenvalue weighted by Crippen LogP contribution is 2.45. The first-order valence-electron chi connectivity index (χ1n) is 43.0. The van der Waals surface area contributed by atoms with Crippen molar-refractivity contribution in [3.05, 3.63) is 383 Å². The van der Waals surface area contributed by atoms with Gasteiger partial charge in [0.15, 0.2) is 37.3 Å². The molecule has 0 aromatic heterocycles. The number of hydrogen-bond acceptors (Lipinski definition) is 23. The van der Waals surface area contributed by atoms with Crippen molar-refractivity contribution >= 4 is 34.2 Å². The van der Waals surface area contributed by atoms with Gasteiger partial charge in [-0.25, -0.2) is 13.8 Å². The standard InChI is InChI=1S/C102H104N2O24S/c1-69(105)103-89-93(116-59-74-41-19-6-20-42-74)92(127-101-96(119-62-77-47-25-9-26-48-77)94(117-60-75-43-21-7-22-44-75)91(88(126-101)68-123-129(109,110)111)115-58-73-39-17-5-18-40-73)87(67-113-56-71-35-13-3-14-36-71)124-99(89)128-97-95(118-61-76-45-23-8-24-46-76)90(114-57-72-37-15-4-16-38-72)86(66-112-55-70-33-11-2-12-34-70)125-100(97)121-64-84(98(107)120-65-85(106)78-49-27-10-28-50-78)104-102(108)122-63-83-81-53-31-29-51-79(81)80-52-30-32-54-82(80)83/h2-54,83-84,86-97,99-101H,55-68H2,1H3,(H,103,105)(H,104,108)(H,109,110,111)/t84-,86+,87+,88+,89+,90+,91-,92+,93+,94-,95-,96+,97-,99-,100-,101-/m0/s1. The van der Waals surface area contributed by atoms with Gasteiger partial charge in [-0.2, -0.15) is 8.42 Å². The van der Waals surface area contributed by atoms with E-state index < -0.39 is 158 Å². The lowest BCUT2D eigenvalue weighted by Crippen LogP contribution is -2.70. The molecular formula is C102H104N2O24S. The summed E-state index contributed by atoms with van der Waals surface area (Å²) in [4.78, 5) is 58.5. The molecule has 1 aliphatic carbocycles. The predicted octanol–water partition coefficient (Wildman–Crippen LogP) is 14.6. The number of hydrogen-bond donors (Lipinski definition) is 3. The Kier molecular flexibility index (Phi) is 33.5. The van der Waals surface area contributed by atoms with E-state index in [4.69, 9.17) is 80.0 Å². The number of amides is 2. The Hall–Kier alpha value is -11.4.